The number of amides is 3. The molecule has 1 fully saturated rings. The molecule has 4 aromatic rings. The largest absolute Gasteiger partial charge is 0.496 e. The van der Waals surface area contributed by atoms with Gasteiger partial charge in [-0.1, -0.05) is 35.9 Å². The monoisotopic (exact) mass is 705 g/mol. The number of nitrogens with zero attached hydrogens (tertiary/aromatic N) is 5. The lowest BCUT2D eigenvalue weighted by Gasteiger charge is -2.35. The molecule has 0 aliphatic carbocycles. The minimum Gasteiger partial charge on any atom is -0.496 e. The number of benzene rings is 2. The van der Waals surface area contributed by atoms with Crippen LogP contribution in [0.1, 0.15) is 43.6 Å². The van der Waals surface area contributed by atoms with Crippen LogP contribution in [0.4, 0.5) is 20.6 Å². The molecule has 3 amide bonds. The first-order chi connectivity index (χ1) is 23.9. The Morgan fingerprint density at radius 2 is 1.84 bits per heavy atom. The molecule has 1 saturated heterocycles. The third-order valence-electron chi connectivity index (χ3n) is 9.00. The van der Waals surface area contributed by atoms with Crippen molar-refractivity contribution in [2.75, 3.05) is 51.1 Å². The van der Waals surface area contributed by atoms with Crippen molar-refractivity contribution in [3.05, 3.63) is 87.7 Å². The number of likely N-dealkylation sites (N-methyl/N-ethyl adjacent to an activating group) is 1. The van der Waals surface area contributed by atoms with Crippen molar-refractivity contribution in [1.29, 1.82) is 0 Å². The summed E-state index contributed by atoms with van der Waals surface area (Å²) in [5.74, 6) is -0.326. The fraction of sp³-hybridized carbons (Fsp3) is 0.343. The molecule has 2 aromatic heterocycles. The number of carbonyl (C=O) groups excluding carboxylic acids is 3. The highest BCUT2D eigenvalue weighted by molar-refractivity contribution is 6.36. The minimum absolute atomic E-state index is 0.0390. The predicted molar refractivity (Wildman–Crippen MR) is 184 cm³/mol. The van der Waals surface area contributed by atoms with Crippen molar-refractivity contribution in [2.45, 2.75) is 32.1 Å². The molecular formula is C35H37ClFN7O6. The zero-order valence-corrected chi connectivity index (χ0v) is 28.8. The molecule has 13 nitrogen and oxygen atoms in total. The van der Waals surface area contributed by atoms with Crippen LogP contribution in [0.25, 0.3) is 11.1 Å². The summed E-state index contributed by atoms with van der Waals surface area (Å²) in [6, 6.07) is 12.2. The Kier molecular flexibility index (Phi) is 9.78. The van der Waals surface area contributed by atoms with Gasteiger partial charge in [0.2, 0.25) is 0 Å². The Morgan fingerprint density at radius 1 is 1.12 bits per heavy atom. The summed E-state index contributed by atoms with van der Waals surface area (Å²) in [5, 5.41) is 15.5. The van der Waals surface area contributed by atoms with Crippen LogP contribution in [0.2, 0.25) is 5.02 Å². The van der Waals surface area contributed by atoms with Crippen molar-refractivity contribution < 1.29 is 33.4 Å². The fourth-order valence-corrected chi connectivity index (χ4v) is 6.46. The number of imidazole rings is 1. The fourth-order valence-electron chi connectivity index (χ4n) is 6.18. The second-order valence-corrected chi connectivity index (χ2v) is 12.9. The van der Waals surface area contributed by atoms with Crippen LogP contribution in [-0.2, 0) is 31.3 Å². The van der Waals surface area contributed by atoms with E-state index in [9.17, 15) is 23.9 Å². The number of methoxy groups -OCH3 is 1. The van der Waals surface area contributed by atoms with E-state index in [1.54, 1.807) is 24.3 Å². The van der Waals surface area contributed by atoms with E-state index in [4.69, 9.17) is 21.1 Å². The van der Waals surface area contributed by atoms with Gasteiger partial charge in [-0.15, -0.1) is 0 Å². The number of carbonyl (C=O) groups is 3. The van der Waals surface area contributed by atoms with Crippen LogP contribution in [-0.4, -0.2) is 93.5 Å². The van der Waals surface area contributed by atoms with Gasteiger partial charge in [0, 0.05) is 61.3 Å². The molecule has 3 N–H and O–H groups in total. The third kappa shape index (κ3) is 6.86. The molecule has 1 unspecified atom stereocenters. The van der Waals surface area contributed by atoms with Crippen molar-refractivity contribution in [1.82, 2.24) is 24.3 Å². The molecule has 0 bridgehead atoms. The summed E-state index contributed by atoms with van der Waals surface area (Å²) in [5.41, 5.74) is 3.34. The topological polar surface area (TPSA) is 151 Å². The van der Waals surface area contributed by atoms with Gasteiger partial charge in [0.25, 0.3) is 11.8 Å². The number of aromatic nitrogens is 3. The van der Waals surface area contributed by atoms with Crippen molar-refractivity contribution in [3.63, 3.8) is 0 Å². The molecule has 0 radical (unpaired) electrons. The Bertz CT molecular complexity index is 1990. The van der Waals surface area contributed by atoms with Crippen molar-refractivity contribution in [3.8, 4) is 16.9 Å². The summed E-state index contributed by atoms with van der Waals surface area (Å²) in [4.78, 5) is 51.1. The maximum absolute atomic E-state index is 14.7. The van der Waals surface area contributed by atoms with Crippen LogP contribution in [0.3, 0.4) is 0 Å². The molecule has 2 aliphatic heterocycles. The van der Waals surface area contributed by atoms with Gasteiger partial charge in [0.15, 0.2) is 11.5 Å². The number of aliphatic hydroxyl groups excluding tert-OH is 1. The molecule has 0 saturated carbocycles. The summed E-state index contributed by atoms with van der Waals surface area (Å²) in [6.07, 6.45) is 1.44. The van der Waals surface area contributed by atoms with Crippen LogP contribution in [0.15, 0.2) is 48.7 Å². The lowest BCUT2D eigenvalue weighted by molar-refractivity contribution is -0.0564. The molecule has 50 heavy (non-hydrogen) atoms. The molecule has 2 aromatic carbocycles. The van der Waals surface area contributed by atoms with Gasteiger partial charge in [-0.2, -0.15) is 0 Å². The van der Waals surface area contributed by atoms with E-state index in [0.29, 0.717) is 39.9 Å². The number of fused-ring (bicyclic) bond motifs is 1. The molecule has 2 aliphatic rings. The highest BCUT2D eigenvalue weighted by Gasteiger charge is 2.40. The zero-order chi connectivity index (χ0) is 35.7. The maximum atomic E-state index is 14.7. The Hall–Kier alpha value is -5.05. The lowest BCUT2D eigenvalue weighted by Crippen LogP contribution is -2.53. The van der Waals surface area contributed by atoms with Crippen molar-refractivity contribution in [2.24, 2.45) is 7.05 Å². The molecule has 0 spiro atoms. The molecule has 262 valence electrons. The molecule has 15 heteroatoms. The van der Waals surface area contributed by atoms with Gasteiger partial charge in [0.1, 0.15) is 18.1 Å². The standard InChI is InChI=1S/C35H37ClFN7O6/c1-20-22(23-8-6-10-25(30(23)36)41-33(47)31-39-27-16-42(2)12-11-28(27)43(31)3)7-5-9-24(20)40-32(46)26-13-29(49-4)21(14-38-26)15-44-17-35(37,18-45)19-50-34(44)48/h5-10,13-14,45H,11-12,15-19H2,1-4H3,(H,40,46)(H,41,47). The van der Waals surface area contributed by atoms with Crippen LogP contribution in [0, 0.1) is 6.92 Å². The van der Waals surface area contributed by atoms with Gasteiger partial charge in [-0.3, -0.25) is 14.6 Å². The number of alkyl halides is 1. The summed E-state index contributed by atoms with van der Waals surface area (Å²) in [6.45, 7) is 1.61. The summed E-state index contributed by atoms with van der Waals surface area (Å²) in [7, 11) is 5.27. The molecule has 1 atom stereocenters. The number of halogens is 2. The van der Waals surface area contributed by atoms with Gasteiger partial charge >= 0.3 is 6.09 Å². The average molecular weight is 706 g/mol. The summed E-state index contributed by atoms with van der Waals surface area (Å²) < 4.78 is 26.9. The average Bonchev–Trinajstić information content (AvgIpc) is 3.43. The quantitative estimate of drug-likeness (QED) is 0.227. The number of aliphatic hydroxyl groups is 1. The highest BCUT2D eigenvalue weighted by atomic mass is 35.5. The number of ether oxygens (including phenoxy) is 2. The number of hydrogen-bond acceptors (Lipinski definition) is 9. The zero-order valence-electron chi connectivity index (χ0n) is 28.0. The van der Waals surface area contributed by atoms with Crippen LogP contribution >= 0.6 is 11.6 Å². The van der Waals surface area contributed by atoms with E-state index in [1.165, 1.54) is 19.4 Å². The van der Waals surface area contributed by atoms with E-state index in [2.05, 4.69) is 25.5 Å². The Labute approximate surface area is 293 Å². The highest BCUT2D eigenvalue weighted by Crippen LogP contribution is 2.38. The molecule has 4 heterocycles. The normalized spacial score (nSPS) is 17.6. The third-order valence-corrected chi connectivity index (χ3v) is 9.40. The predicted octanol–water partition coefficient (Wildman–Crippen LogP) is 4.60. The second-order valence-electron chi connectivity index (χ2n) is 12.5. The SMILES string of the molecule is COc1cc(C(=O)Nc2cccc(-c3cccc(NC(=O)c4nc5c(n4C)CCN(C)C5)c3Cl)c2C)ncc1CN1CC(F)(CO)COC1=O. The number of rotatable bonds is 9. The molecule has 6 rings (SSSR count). The first-order valence-electron chi connectivity index (χ1n) is 15.9. The number of hydrogen-bond donors (Lipinski definition) is 3. The van der Waals surface area contributed by atoms with Gasteiger partial charge in [0.05, 0.1) is 43.2 Å². The number of nitrogens with one attached hydrogen (secondary N) is 2. The van der Waals surface area contributed by atoms with Crippen LogP contribution < -0.4 is 15.4 Å². The van der Waals surface area contributed by atoms with Gasteiger partial charge < -0.3 is 39.6 Å². The Balaban J connectivity index is 1.19. The van der Waals surface area contributed by atoms with E-state index < -0.39 is 30.9 Å². The molecular weight excluding hydrogens is 669 g/mol. The second kappa shape index (κ2) is 14.1. The van der Waals surface area contributed by atoms with E-state index in [1.807, 2.05) is 37.7 Å². The maximum Gasteiger partial charge on any atom is 0.410 e. The van der Waals surface area contributed by atoms with Gasteiger partial charge in [-0.05, 0) is 37.2 Å². The van der Waals surface area contributed by atoms with Crippen LogP contribution in [0.5, 0.6) is 5.75 Å². The van der Waals surface area contributed by atoms with E-state index in [-0.39, 0.29) is 30.4 Å². The van der Waals surface area contributed by atoms with Gasteiger partial charge in [-0.25, -0.2) is 14.2 Å². The first-order valence-corrected chi connectivity index (χ1v) is 16.3. The number of cyclic esters (lactones) is 1. The number of anilines is 2. The Morgan fingerprint density at radius 3 is 2.58 bits per heavy atom. The van der Waals surface area contributed by atoms with E-state index in [0.717, 1.165) is 40.4 Å². The van der Waals surface area contributed by atoms with E-state index >= 15 is 0 Å². The minimum atomic E-state index is -2.09. The smallest absolute Gasteiger partial charge is 0.410 e. The van der Waals surface area contributed by atoms with Crippen molar-refractivity contribution >= 4 is 40.9 Å². The first kappa shape index (κ1) is 34.8. The summed E-state index contributed by atoms with van der Waals surface area (Å²) >= 11 is 6.89. The lowest BCUT2D eigenvalue weighted by atomic mass is 9.98. The number of pyridine rings is 1.